The Morgan fingerprint density at radius 1 is 0.455 bits per heavy atom. The fraction of sp³-hybridized carbons (Fsp3) is 0.323. The highest BCUT2D eigenvalue weighted by Gasteiger charge is 2.58. The van der Waals surface area contributed by atoms with Crippen molar-refractivity contribution in [1.82, 2.24) is 0 Å². The van der Waals surface area contributed by atoms with Gasteiger partial charge in [0.15, 0.2) is 0 Å². The fourth-order valence-corrected chi connectivity index (χ4v) is 13.4. The van der Waals surface area contributed by atoms with Crippen molar-refractivity contribution < 1.29 is 0 Å². The van der Waals surface area contributed by atoms with E-state index in [9.17, 15) is 0 Å². The summed E-state index contributed by atoms with van der Waals surface area (Å²) in [5.41, 5.74) is 22.6. The van der Waals surface area contributed by atoms with Crippen molar-refractivity contribution in [2.24, 2.45) is 0 Å². The van der Waals surface area contributed by atoms with Gasteiger partial charge in [0.2, 0.25) is 0 Å². The van der Waals surface area contributed by atoms with Gasteiger partial charge >= 0.3 is 0 Å². The Bertz CT molecular complexity index is 3090. The van der Waals surface area contributed by atoms with Crippen LogP contribution < -0.4 is 31.1 Å². The van der Waals surface area contributed by atoms with Crippen molar-refractivity contribution in [2.45, 2.75) is 128 Å². The summed E-state index contributed by atoms with van der Waals surface area (Å²) in [5.74, 6) is 0. The van der Waals surface area contributed by atoms with Crippen LogP contribution in [0, 0.1) is 0 Å². The van der Waals surface area contributed by atoms with E-state index >= 15 is 0 Å². The van der Waals surface area contributed by atoms with E-state index in [1.54, 1.807) is 0 Å². The minimum atomic E-state index is -0.102. The molecule has 0 bridgehead atoms. The number of hydrogen-bond acceptors (Lipinski definition) is 3. The zero-order valence-corrected chi connectivity index (χ0v) is 40.6. The molecule has 7 aromatic carbocycles. The summed E-state index contributed by atoms with van der Waals surface area (Å²) in [6.45, 7) is 22.1. The summed E-state index contributed by atoms with van der Waals surface area (Å²) in [4.78, 5) is 8.11. The maximum Gasteiger partial charge on any atom is 0.252 e. The van der Waals surface area contributed by atoms with Crippen LogP contribution in [0.3, 0.4) is 0 Å². The highest BCUT2D eigenvalue weighted by Crippen LogP contribution is 2.62. The number of anilines is 8. The molecule has 0 radical (unpaired) electrons. The summed E-state index contributed by atoms with van der Waals surface area (Å²) in [5, 5.41) is 0. The van der Waals surface area contributed by atoms with Crippen LogP contribution in [0.2, 0.25) is 0 Å². The molecule has 0 spiro atoms. The van der Waals surface area contributed by atoms with Crippen LogP contribution in [-0.4, -0.2) is 12.3 Å². The maximum absolute atomic E-state index is 2.80. The van der Waals surface area contributed by atoms with Gasteiger partial charge in [-0.1, -0.05) is 165 Å². The van der Waals surface area contributed by atoms with E-state index in [2.05, 4.69) is 229 Å². The average Bonchev–Trinajstić information content (AvgIpc) is 3.53. The summed E-state index contributed by atoms with van der Waals surface area (Å²) >= 11 is 0. The van der Waals surface area contributed by atoms with Gasteiger partial charge in [0.25, 0.3) is 6.71 Å². The molecule has 0 amide bonds. The summed E-state index contributed by atoms with van der Waals surface area (Å²) in [7, 11) is 0. The lowest BCUT2D eigenvalue weighted by atomic mass is 9.33. The summed E-state index contributed by atoms with van der Waals surface area (Å²) < 4.78 is 0. The molecule has 1 saturated carbocycles. The van der Waals surface area contributed by atoms with E-state index in [1.807, 2.05) is 0 Å². The average molecular weight is 862 g/mol. The molecule has 66 heavy (non-hydrogen) atoms. The second kappa shape index (κ2) is 14.3. The topological polar surface area (TPSA) is 9.72 Å². The normalized spacial score (nSPS) is 21.9. The summed E-state index contributed by atoms with van der Waals surface area (Å²) in [6.07, 6.45) is 7.17. The van der Waals surface area contributed by atoms with Crippen molar-refractivity contribution >= 4 is 68.6 Å². The summed E-state index contributed by atoms with van der Waals surface area (Å²) in [6, 6.07) is 58.9. The number of hydrogen-bond donors (Lipinski definition) is 0. The molecular weight excluding hydrogens is 798 g/mol. The maximum atomic E-state index is 2.80. The first-order chi connectivity index (χ1) is 31.6. The van der Waals surface area contributed by atoms with Crippen molar-refractivity contribution in [3.8, 4) is 11.1 Å². The molecule has 3 nitrogen and oxygen atoms in total. The molecule has 3 heterocycles. The van der Waals surface area contributed by atoms with E-state index in [0.29, 0.717) is 0 Å². The molecule has 12 rings (SSSR count). The number of benzene rings is 7. The van der Waals surface area contributed by atoms with E-state index in [4.69, 9.17) is 0 Å². The lowest BCUT2D eigenvalue weighted by Crippen LogP contribution is -2.62. The highest BCUT2D eigenvalue weighted by atomic mass is 15.3. The SMILES string of the molecule is CC(C)(C)c1ccc(N2c3cc4c(cc3B3c5ccccc5N(c5ccccc5)c5cc(N6c7ccccc7C7(C)CCCCC67C)cc2c53)C(C)(C)CCC4(C)C)c(-c2ccccc2)c1. The molecule has 2 aliphatic carbocycles. The Morgan fingerprint density at radius 2 is 1.06 bits per heavy atom. The molecule has 1 fully saturated rings. The van der Waals surface area contributed by atoms with Crippen molar-refractivity contribution in [2.75, 3.05) is 14.7 Å². The Morgan fingerprint density at radius 3 is 1.77 bits per heavy atom. The molecule has 3 aliphatic heterocycles. The zero-order chi connectivity index (χ0) is 45.5. The Hall–Kier alpha value is -6.00. The van der Waals surface area contributed by atoms with Crippen LogP contribution >= 0.6 is 0 Å². The van der Waals surface area contributed by atoms with Crippen LogP contribution in [-0.2, 0) is 21.7 Å². The largest absolute Gasteiger partial charge is 0.334 e. The molecule has 0 N–H and O–H groups in total. The van der Waals surface area contributed by atoms with E-state index in [0.717, 1.165) is 12.8 Å². The lowest BCUT2D eigenvalue weighted by Gasteiger charge is -2.51. The Labute approximate surface area is 394 Å². The predicted octanol–water partition coefficient (Wildman–Crippen LogP) is 14.8. The van der Waals surface area contributed by atoms with Gasteiger partial charge in [0.05, 0.1) is 11.2 Å². The van der Waals surface area contributed by atoms with Gasteiger partial charge in [-0.2, -0.15) is 0 Å². The second-order valence-corrected chi connectivity index (χ2v) is 23.1. The van der Waals surface area contributed by atoms with Gasteiger partial charge in [-0.05, 0) is 148 Å². The van der Waals surface area contributed by atoms with Crippen LogP contribution in [0.1, 0.15) is 123 Å². The van der Waals surface area contributed by atoms with Gasteiger partial charge in [0, 0.05) is 50.8 Å². The first-order valence-corrected chi connectivity index (χ1v) is 24.8. The first-order valence-electron chi connectivity index (χ1n) is 24.8. The molecule has 2 atom stereocenters. The van der Waals surface area contributed by atoms with E-state index in [-0.39, 0.29) is 33.9 Å². The van der Waals surface area contributed by atoms with Crippen molar-refractivity contribution in [3.63, 3.8) is 0 Å². The molecule has 7 aromatic rings. The Balaban J connectivity index is 1.24. The molecule has 0 aromatic heterocycles. The first kappa shape index (κ1) is 41.4. The second-order valence-electron chi connectivity index (χ2n) is 23.1. The third-order valence-corrected chi connectivity index (χ3v) is 17.4. The lowest BCUT2D eigenvalue weighted by molar-refractivity contribution is 0.195. The number of para-hydroxylation sites is 3. The van der Waals surface area contributed by atoms with Crippen LogP contribution in [0.15, 0.2) is 152 Å². The van der Waals surface area contributed by atoms with Gasteiger partial charge in [-0.15, -0.1) is 0 Å². The van der Waals surface area contributed by atoms with Gasteiger partial charge in [-0.3, -0.25) is 0 Å². The third-order valence-electron chi connectivity index (χ3n) is 17.4. The van der Waals surface area contributed by atoms with Gasteiger partial charge in [-0.25, -0.2) is 0 Å². The fourth-order valence-electron chi connectivity index (χ4n) is 13.4. The zero-order valence-electron chi connectivity index (χ0n) is 40.6. The van der Waals surface area contributed by atoms with Crippen molar-refractivity contribution in [3.05, 3.63) is 174 Å². The minimum Gasteiger partial charge on any atom is -0.334 e. The molecular formula is C62H64BN3. The Kier molecular flexibility index (Phi) is 8.95. The highest BCUT2D eigenvalue weighted by molar-refractivity contribution is 7.00. The smallest absolute Gasteiger partial charge is 0.252 e. The molecule has 5 aliphatic rings. The number of nitrogens with zero attached hydrogens (tertiary/aromatic N) is 3. The van der Waals surface area contributed by atoms with Crippen LogP contribution in [0.5, 0.6) is 0 Å². The van der Waals surface area contributed by atoms with E-state index in [1.165, 1.54) is 121 Å². The quantitative estimate of drug-likeness (QED) is 0.163. The standard InChI is InChI=1S/C62H64BN3/c1-58(2,3)42-30-31-51(45(36-42)41-22-12-10-13-23-41)65-54-40-48-47(59(4,5)34-35-60(48,6)7)39-50(54)63-49-27-17-19-29-53(49)64(43-24-14-11-15-25-43)55-37-44(38-56(65)57(55)63)66-52-28-18-16-26-46(52)61(8)32-20-21-33-62(61,66)9/h10-19,22-31,36-40H,20-21,32-35H2,1-9H3. The molecule has 2 unspecified atom stereocenters. The van der Waals surface area contributed by atoms with Crippen molar-refractivity contribution in [1.29, 1.82) is 0 Å². The number of rotatable bonds is 4. The molecule has 0 saturated heterocycles. The minimum absolute atomic E-state index is 0.0220. The predicted molar refractivity (Wildman–Crippen MR) is 283 cm³/mol. The number of fused-ring (bicyclic) bond motifs is 8. The third kappa shape index (κ3) is 5.82. The monoisotopic (exact) mass is 862 g/mol. The molecule has 4 heteroatoms. The van der Waals surface area contributed by atoms with Crippen LogP contribution in [0.4, 0.5) is 45.5 Å². The van der Waals surface area contributed by atoms with Crippen LogP contribution in [0.25, 0.3) is 11.1 Å². The molecule has 330 valence electrons. The van der Waals surface area contributed by atoms with Gasteiger partial charge in [0.1, 0.15) is 0 Å². The van der Waals surface area contributed by atoms with E-state index < -0.39 is 0 Å². The van der Waals surface area contributed by atoms with Gasteiger partial charge < -0.3 is 14.7 Å².